The van der Waals surface area contributed by atoms with Crippen LogP contribution in [0.25, 0.3) is 11.0 Å². The first-order valence-electron chi connectivity index (χ1n) is 9.04. The topological polar surface area (TPSA) is 64.0 Å². The molecule has 9 heteroatoms. The largest absolute Gasteiger partial charge is 0.438 e. The lowest BCUT2D eigenvalue weighted by Crippen LogP contribution is -2.39. The standard InChI is InChI=1S/C20H20F3N3O2S/c1-4-15(18(27)24-10-13-6-5-7-29-13)26-16-9-12(3)11(2)8-14(16)25-17(19(26)28)20(21,22)23/h5-9,15H,4,10H2,1-3H3,(H,24,27)/t15-/m1/s1. The summed E-state index contributed by atoms with van der Waals surface area (Å²) >= 11 is 1.45. The van der Waals surface area contributed by atoms with Crippen molar-refractivity contribution in [3.05, 3.63) is 61.7 Å². The van der Waals surface area contributed by atoms with Crippen LogP contribution >= 0.6 is 11.3 Å². The van der Waals surface area contributed by atoms with Gasteiger partial charge in [-0.1, -0.05) is 13.0 Å². The van der Waals surface area contributed by atoms with Crippen molar-refractivity contribution in [2.45, 2.75) is 46.0 Å². The van der Waals surface area contributed by atoms with Crippen LogP contribution in [0.5, 0.6) is 0 Å². The lowest BCUT2D eigenvalue weighted by molar-refractivity contribution is -0.142. The molecule has 1 atom stereocenters. The number of aromatic nitrogens is 2. The fourth-order valence-electron chi connectivity index (χ4n) is 3.14. The minimum atomic E-state index is -4.92. The molecule has 3 rings (SSSR count). The van der Waals surface area contributed by atoms with Crippen LogP contribution in [0.1, 0.15) is 41.1 Å². The molecule has 0 spiro atoms. The summed E-state index contributed by atoms with van der Waals surface area (Å²) in [4.78, 5) is 30.1. The van der Waals surface area contributed by atoms with Crippen LogP contribution in [0.2, 0.25) is 0 Å². The van der Waals surface area contributed by atoms with Gasteiger partial charge in [-0.2, -0.15) is 13.2 Å². The molecule has 5 nitrogen and oxygen atoms in total. The van der Waals surface area contributed by atoms with Crippen molar-refractivity contribution in [1.82, 2.24) is 14.9 Å². The number of nitrogens with one attached hydrogen (secondary N) is 1. The van der Waals surface area contributed by atoms with Crippen molar-refractivity contribution >= 4 is 28.3 Å². The molecule has 0 radical (unpaired) electrons. The number of carbonyl (C=O) groups is 1. The van der Waals surface area contributed by atoms with E-state index in [1.165, 1.54) is 17.4 Å². The van der Waals surface area contributed by atoms with Gasteiger partial charge < -0.3 is 5.32 Å². The van der Waals surface area contributed by atoms with Crippen LogP contribution < -0.4 is 10.9 Å². The average Bonchev–Trinajstić information content (AvgIpc) is 3.16. The highest BCUT2D eigenvalue weighted by Gasteiger charge is 2.38. The normalized spacial score (nSPS) is 12.9. The van der Waals surface area contributed by atoms with Crippen LogP contribution in [0, 0.1) is 13.8 Å². The van der Waals surface area contributed by atoms with Crippen LogP contribution in [-0.2, 0) is 17.5 Å². The Labute approximate surface area is 169 Å². The minimum Gasteiger partial charge on any atom is -0.349 e. The number of halogens is 3. The molecule has 1 N–H and O–H groups in total. The zero-order valence-electron chi connectivity index (χ0n) is 16.1. The van der Waals surface area contributed by atoms with E-state index in [4.69, 9.17) is 0 Å². The molecule has 0 aliphatic heterocycles. The molecule has 2 aromatic heterocycles. The second kappa shape index (κ2) is 7.98. The molecular formula is C20H20F3N3O2S. The van der Waals surface area contributed by atoms with E-state index in [-0.39, 0.29) is 24.0 Å². The Morgan fingerprint density at radius 1 is 1.28 bits per heavy atom. The van der Waals surface area contributed by atoms with Gasteiger partial charge in [0, 0.05) is 4.88 Å². The van der Waals surface area contributed by atoms with Crippen molar-refractivity contribution in [2.24, 2.45) is 0 Å². The Bertz CT molecular complexity index is 1100. The van der Waals surface area contributed by atoms with Crippen LogP contribution in [-0.4, -0.2) is 15.5 Å². The molecule has 3 aromatic rings. The van der Waals surface area contributed by atoms with Gasteiger partial charge in [0.25, 0.3) is 5.56 Å². The number of amides is 1. The van der Waals surface area contributed by atoms with Crippen molar-refractivity contribution < 1.29 is 18.0 Å². The number of thiophene rings is 1. The monoisotopic (exact) mass is 423 g/mol. The van der Waals surface area contributed by atoms with Gasteiger partial charge in [-0.3, -0.25) is 14.2 Å². The summed E-state index contributed by atoms with van der Waals surface area (Å²) in [6, 6.07) is 5.70. The van der Waals surface area contributed by atoms with Gasteiger partial charge >= 0.3 is 6.18 Å². The Hall–Kier alpha value is -2.68. The molecule has 0 bridgehead atoms. The Balaban J connectivity index is 2.16. The van der Waals surface area contributed by atoms with E-state index in [2.05, 4.69) is 10.3 Å². The third-order valence-corrected chi connectivity index (χ3v) is 5.67. The molecule has 0 aliphatic carbocycles. The molecule has 0 fully saturated rings. The number of benzene rings is 1. The van der Waals surface area contributed by atoms with Gasteiger partial charge in [0.2, 0.25) is 11.6 Å². The van der Waals surface area contributed by atoms with E-state index in [9.17, 15) is 22.8 Å². The van der Waals surface area contributed by atoms with Crippen molar-refractivity contribution in [3.8, 4) is 0 Å². The number of hydrogen-bond donors (Lipinski definition) is 1. The summed E-state index contributed by atoms with van der Waals surface area (Å²) < 4.78 is 41.3. The number of rotatable bonds is 5. The zero-order chi connectivity index (χ0) is 21.3. The summed E-state index contributed by atoms with van der Waals surface area (Å²) in [7, 11) is 0. The third kappa shape index (κ3) is 4.19. The molecule has 0 saturated heterocycles. The summed E-state index contributed by atoms with van der Waals surface area (Å²) in [5, 5.41) is 4.58. The summed E-state index contributed by atoms with van der Waals surface area (Å²) in [5.41, 5.74) is -1.04. The van der Waals surface area contributed by atoms with Gasteiger partial charge in [-0.25, -0.2) is 4.98 Å². The molecule has 154 valence electrons. The number of carbonyl (C=O) groups excluding carboxylic acids is 1. The first kappa shape index (κ1) is 21.0. The smallest absolute Gasteiger partial charge is 0.349 e. The Morgan fingerprint density at radius 3 is 2.55 bits per heavy atom. The van der Waals surface area contributed by atoms with E-state index in [0.29, 0.717) is 0 Å². The highest BCUT2D eigenvalue weighted by molar-refractivity contribution is 7.09. The number of alkyl halides is 3. The van der Waals surface area contributed by atoms with Crippen molar-refractivity contribution in [3.63, 3.8) is 0 Å². The fourth-order valence-corrected chi connectivity index (χ4v) is 3.79. The molecule has 2 heterocycles. The summed E-state index contributed by atoms with van der Waals surface area (Å²) in [6.45, 7) is 5.45. The molecule has 0 saturated carbocycles. The fraction of sp³-hybridized carbons (Fsp3) is 0.350. The maximum absolute atomic E-state index is 13.5. The van der Waals surface area contributed by atoms with Gasteiger partial charge in [-0.15, -0.1) is 11.3 Å². The van der Waals surface area contributed by atoms with Crippen LogP contribution in [0.3, 0.4) is 0 Å². The molecule has 0 aliphatic rings. The lowest BCUT2D eigenvalue weighted by Gasteiger charge is -2.22. The van der Waals surface area contributed by atoms with Gasteiger partial charge in [-0.05, 0) is 55.0 Å². The van der Waals surface area contributed by atoms with E-state index >= 15 is 0 Å². The highest BCUT2D eigenvalue weighted by Crippen LogP contribution is 2.29. The maximum atomic E-state index is 13.5. The van der Waals surface area contributed by atoms with E-state index < -0.39 is 29.4 Å². The first-order chi connectivity index (χ1) is 13.6. The number of nitrogens with zero attached hydrogens (tertiary/aromatic N) is 2. The number of hydrogen-bond acceptors (Lipinski definition) is 4. The summed E-state index contributed by atoms with van der Waals surface area (Å²) in [6.07, 6.45) is -4.77. The molecule has 29 heavy (non-hydrogen) atoms. The SMILES string of the molecule is CC[C@H](C(=O)NCc1cccs1)n1c(=O)c(C(F)(F)F)nc2cc(C)c(C)cc21. The summed E-state index contributed by atoms with van der Waals surface area (Å²) in [5.74, 6) is -0.512. The highest BCUT2D eigenvalue weighted by atomic mass is 32.1. The molecular weight excluding hydrogens is 403 g/mol. The predicted octanol–water partition coefficient (Wildman–Crippen LogP) is 4.36. The first-order valence-corrected chi connectivity index (χ1v) is 9.92. The maximum Gasteiger partial charge on any atom is 0.438 e. The second-order valence-corrected chi connectivity index (χ2v) is 7.81. The van der Waals surface area contributed by atoms with E-state index in [1.54, 1.807) is 26.8 Å². The number of fused-ring (bicyclic) bond motifs is 1. The van der Waals surface area contributed by atoms with Gasteiger partial charge in [0.05, 0.1) is 17.6 Å². The minimum absolute atomic E-state index is 0.0320. The quantitative estimate of drug-likeness (QED) is 0.663. The van der Waals surface area contributed by atoms with Crippen molar-refractivity contribution in [1.29, 1.82) is 0 Å². The van der Waals surface area contributed by atoms with Crippen LogP contribution in [0.15, 0.2) is 34.4 Å². The van der Waals surface area contributed by atoms with Crippen LogP contribution in [0.4, 0.5) is 13.2 Å². The molecule has 0 unspecified atom stereocenters. The number of aryl methyl sites for hydroxylation is 2. The van der Waals surface area contributed by atoms with Crippen molar-refractivity contribution in [2.75, 3.05) is 0 Å². The molecule has 1 amide bonds. The van der Waals surface area contributed by atoms with E-state index in [0.717, 1.165) is 20.6 Å². The van der Waals surface area contributed by atoms with Gasteiger partial charge in [0.1, 0.15) is 6.04 Å². The third-order valence-electron chi connectivity index (χ3n) is 4.79. The molecule has 1 aromatic carbocycles. The van der Waals surface area contributed by atoms with Gasteiger partial charge in [0.15, 0.2) is 0 Å². The second-order valence-electron chi connectivity index (χ2n) is 6.78. The lowest BCUT2D eigenvalue weighted by atomic mass is 10.1. The Kier molecular flexibility index (Phi) is 5.79. The predicted molar refractivity (Wildman–Crippen MR) is 106 cm³/mol. The zero-order valence-corrected chi connectivity index (χ0v) is 16.9. The Morgan fingerprint density at radius 2 is 1.97 bits per heavy atom. The van der Waals surface area contributed by atoms with E-state index in [1.807, 2.05) is 17.5 Å². The average molecular weight is 423 g/mol.